The number of hydrogen-bond donors (Lipinski definition) is 1. The van der Waals surface area contributed by atoms with Gasteiger partial charge in [0.05, 0.1) is 0 Å². The van der Waals surface area contributed by atoms with Crippen LogP contribution in [0.5, 0.6) is 11.5 Å². The maximum Gasteiger partial charge on any atom is 0.253 e. The van der Waals surface area contributed by atoms with Crippen molar-refractivity contribution < 1.29 is 19.1 Å². The number of benzene rings is 3. The Labute approximate surface area is 193 Å². The standard InChI is InChI=1S/C27H26N2O4/c1-18-2-4-19(5-3-18)25(30)20-14-16-29(17-15-20)27(32)22-8-12-24(13-9-22)33-23-10-6-21(7-11-23)26(28)31/h2-13,20H,14-17H2,1H3,(H2,28,31). The molecule has 2 N–H and O–H groups in total. The van der Waals surface area contributed by atoms with Crippen molar-refractivity contribution in [3.63, 3.8) is 0 Å². The van der Waals surface area contributed by atoms with Crippen LogP contribution in [-0.4, -0.2) is 35.6 Å². The zero-order valence-electron chi connectivity index (χ0n) is 18.5. The van der Waals surface area contributed by atoms with Crippen molar-refractivity contribution in [2.45, 2.75) is 19.8 Å². The molecule has 0 aromatic heterocycles. The molecule has 0 bridgehead atoms. The quantitative estimate of drug-likeness (QED) is 0.564. The van der Waals surface area contributed by atoms with Crippen molar-refractivity contribution in [1.82, 2.24) is 4.90 Å². The van der Waals surface area contributed by atoms with Crippen LogP contribution >= 0.6 is 0 Å². The molecule has 168 valence electrons. The number of amides is 2. The van der Waals surface area contributed by atoms with E-state index in [0.717, 1.165) is 11.1 Å². The van der Waals surface area contributed by atoms with E-state index in [1.807, 2.05) is 31.2 Å². The summed E-state index contributed by atoms with van der Waals surface area (Å²) < 4.78 is 5.77. The van der Waals surface area contributed by atoms with E-state index in [1.165, 1.54) is 0 Å². The van der Waals surface area contributed by atoms with E-state index in [-0.39, 0.29) is 17.6 Å². The van der Waals surface area contributed by atoms with Crippen LogP contribution in [0.15, 0.2) is 72.8 Å². The first kappa shape index (κ1) is 22.3. The second-order valence-electron chi connectivity index (χ2n) is 8.31. The first-order valence-corrected chi connectivity index (χ1v) is 11.0. The third-order valence-corrected chi connectivity index (χ3v) is 5.96. The smallest absolute Gasteiger partial charge is 0.253 e. The summed E-state index contributed by atoms with van der Waals surface area (Å²) in [5.74, 6) is 0.725. The lowest BCUT2D eigenvalue weighted by atomic mass is 9.88. The summed E-state index contributed by atoms with van der Waals surface area (Å²) >= 11 is 0. The molecule has 6 heteroatoms. The molecule has 3 aromatic rings. The molecule has 4 rings (SSSR count). The maximum atomic E-state index is 12.9. The number of nitrogens with zero attached hydrogens (tertiary/aromatic N) is 1. The second-order valence-corrected chi connectivity index (χ2v) is 8.31. The third kappa shape index (κ3) is 5.29. The van der Waals surface area contributed by atoms with E-state index in [4.69, 9.17) is 10.5 Å². The van der Waals surface area contributed by atoms with E-state index in [1.54, 1.807) is 53.4 Å². The van der Waals surface area contributed by atoms with E-state index >= 15 is 0 Å². The molecule has 1 aliphatic heterocycles. The summed E-state index contributed by atoms with van der Waals surface area (Å²) in [6.45, 7) is 3.12. The van der Waals surface area contributed by atoms with Crippen LogP contribution in [0.1, 0.15) is 49.5 Å². The normalized spacial score (nSPS) is 14.0. The molecule has 2 amide bonds. The highest BCUT2D eigenvalue weighted by atomic mass is 16.5. The van der Waals surface area contributed by atoms with Gasteiger partial charge in [-0.05, 0) is 68.3 Å². The Kier molecular flexibility index (Phi) is 6.54. The molecule has 1 aliphatic rings. The zero-order chi connectivity index (χ0) is 23.4. The number of primary amides is 1. The monoisotopic (exact) mass is 442 g/mol. The van der Waals surface area contributed by atoms with Crippen LogP contribution in [0.3, 0.4) is 0 Å². The molecule has 1 saturated heterocycles. The summed E-state index contributed by atoms with van der Waals surface area (Å²) in [6, 6.07) is 21.2. The molecule has 0 aliphatic carbocycles. The largest absolute Gasteiger partial charge is 0.457 e. The van der Waals surface area contributed by atoms with Crippen LogP contribution in [-0.2, 0) is 0 Å². The Balaban J connectivity index is 1.32. The molecular formula is C27H26N2O4. The van der Waals surface area contributed by atoms with E-state index in [9.17, 15) is 14.4 Å². The maximum absolute atomic E-state index is 12.9. The average Bonchev–Trinajstić information content (AvgIpc) is 2.84. The van der Waals surface area contributed by atoms with Gasteiger partial charge in [0.25, 0.3) is 5.91 Å². The predicted molar refractivity (Wildman–Crippen MR) is 126 cm³/mol. The molecule has 0 radical (unpaired) electrons. The molecule has 6 nitrogen and oxygen atoms in total. The third-order valence-electron chi connectivity index (χ3n) is 5.96. The Morgan fingerprint density at radius 1 is 0.758 bits per heavy atom. The summed E-state index contributed by atoms with van der Waals surface area (Å²) in [4.78, 5) is 38.6. The van der Waals surface area contributed by atoms with Crippen molar-refractivity contribution in [1.29, 1.82) is 0 Å². The first-order valence-electron chi connectivity index (χ1n) is 11.0. The molecule has 0 saturated carbocycles. The number of carbonyl (C=O) groups is 3. The summed E-state index contributed by atoms with van der Waals surface area (Å²) in [5.41, 5.74) is 8.10. The van der Waals surface area contributed by atoms with Gasteiger partial charge < -0.3 is 15.4 Å². The van der Waals surface area contributed by atoms with Gasteiger partial charge in [0, 0.05) is 35.7 Å². The number of ether oxygens (including phenoxy) is 1. The van der Waals surface area contributed by atoms with Gasteiger partial charge >= 0.3 is 0 Å². The van der Waals surface area contributed by atoms with E-state index in [2.05, 4.69) is 0 Å². The van der Waals surface area contributed by atoms with Gasteiger partial charge in [-0.25, -0.2) is 0 Å². The predicted octanol–water partition coefficient (Wildman–Crippen LogP) is 4.62. The van der Waals surface area contributed by atoms with Crippen LogP contribution in [0.2, 0.25) is 0 Å². The summed E-state index contributed by atoms with van der Waals surface area (Å²) in [5, 5.41) is 0. The zero-order valence-corrected chi connectivity index (χ0v) is 18.5. The number of Topliss-reactive ketones (excluding diaryl/α,β-unsaturated/α-hetero) is 1. The fourth-order valence-corrected chi connectivity index (χ4v) is 3.97. The van der Waals surface area contributed by atoms with Gasteiger partial charge in [0.2, 0.25) is 5.91 Å². The molecule has 0 unspecified atom stereocenters. The second kappa shape index (κ2) is 9.69. The molecule has 1 heterocycles. The Morgan fingerprint density at radius 3 is 1.76 bits per heavy atom. The lowest BCUT2D eigenvalue weighted by Crippen LogP contribution is -2.40. The van der Waals surface area contributed by atoms with Crippen LogP contribution in [0.4, 0.5) is 0 Å². The number of piperidine rings is 1. The van der Waals surface area contributed by atoms with Crippen LogP contribution in [0.25, 0.3) is 0 Å². The molecular weight excluding hydrogens is 416 g/mol. The van der Waals surface area contributed by atoms with Crippen molar-refractivity contribution in [2.75, 3.05) is 13.1 Å². The van der Waals surface area contributed by atoms with Crippen molar-refractivity contribution in [2.24, 2.45) is 11.7 Å². The van der Waals surface area contributed by atoms with Gasteiger partial charge in [0.1, 0.15) is 11.5 Å². The summed E-state index contributed by atoms with van der Waals surface area (Å²) in [6.07, 6.45) is 1.34. The van der Waals surface area contributed by atoms with Gasteiger partial charge in [-0.3, -0.25) is 14.4 Å². The fraction of sp³-hybridized carbons (Fsp3) is 0.222. The Morgan fingerprint density at radius 2 is 1.24 bits per heavy atom. The lowest BCUT2D eigenvalue weighted by Gasteiger charge is -2.31. The molecule has 0 atom stereocenters. The van der Waals surface area contributed by atoms with Crippen LogP contribution < -0.4 is 10.5 Å². The van der Waals surface area contributed by atoms with Gasteiger partial charge in [0.15, 0.2) is 5.78 Å². The van der Waals surface area contributed by atoms with Crippen LogP contribution in [0, 0.1) is 12.8 Å². The first-order chi connectivity index (χ1) is 15.9. The number of rotatable bonds is 6. The van der Waals surface area contributed by atoms with Crippen molar-refractivity contribution in [3.8, 4) is 11.5 Å². The highest BCUT2D eigenvalue weighted by molar-refractivity contribution is 5.98. The minimum atomic E-state index is -0.493. The van der Waals surface area contributed by atoms with Gasteiger partial charge in [-0.1, -0.05) is 29.8 Å². The summed E-state index contributed by atoms with van der Waals surface area (Å²) in [7, 11) is 0. The highest BCUT2D eigenvalue weighted by Gasteiger charge is 2.28. The van der Waals surface area contributed by atoms with Gasteiger partial charge in [-0.15, -0.1) is 0 Å². The van der Waals surface area contributed by atoms with Crippen molar-refractivity contribution in [3.05, 3.63) is 95.1 Å². The minimum Gasteiger partial charge on any atom is -0.457 e. The Bertz CT molecular complexity index is 1140. The molecule has 1 fully saturated rings. The topological polar surface area (TPSA) is 89.7 Å². The number of aryl methyl sites for hydroxylation is 1. The van der Waals surface area contributed by atoms with Crippen molar-refractivity contribution >= 4 is 17.6 Å². The lowest BCUT2D eigenvalue weighted by molar-refractivity contribution is 0.0650. The number of ketones is 1. The average molecular weight is 443 g/mol. The highest BCUT2D eigenvalue weighted by Crippen LogP contribution is 2.25. The molecule has 3 aromatic carbocycles. The number of hydrogen-bond acceptors (Lipinski definition) is 4. The minimum absolute atomic E-state index is 0.0476. The number of carbonyl (C=O) groups excluding carboxylic acids is 3. The SMILES string of the molecule is Cc1ccc(C(=O)C2CCN(C(=O)c3ccc(Oc4ccc(C(N)=O)cc4)cc3)CC2)cc1. The molecule has 33 heavy (non-hydrogen) atoms. The molecule has 0 spiro atoms. The number of nitrogens with two attached hydrogens (primary N) is 1. The van der Waals surface area contributed by atoms with Gasteiger partial charge in [-0.2, -0.15) is 0 Å². The fourth-order valence-electron chi connectivity index (χ4n) is 3.97. The Hall–Kier alpha value is -3.93. The van der Waals surface area contributed by atoms with E-state index in [0.29, 0.717) is 48.6 Å². The number of likely N-dealkylation sites (tertiary alicyclic amines) is 1. The van der Waals surface area contributed by atoms with E-state index < -0.39 is 5.91 Å².